The van der Waals surface area contributed by atoms with Crippen molar-refractivity contribution in [3.05, 3.63) is 16.5 Å². The highest BCUT2D eigenvalue weighted by Crippen LogP contribution is 2.29. The van der Waals surface area contributed by atoms with Crippen LogP contribution in [0.4, 0.5) is 0 Å². The number of nitrogens with one attached hydrogen (secondary N) is 1. The largest absolute Gasteiger partial charge is 0.347 e. The number of amides is 1. The van der Waals surface area contributed by atoms with Crippen LogP contribution in [0.3, 0.4) is 0 Å². The zero-order valence-electron chi connectivity index (χ0n) is 11.4. The molecule has 4 nitrogen and oxygen atoms in total. The lowest BCUT2D eigenvalue weighted by molar-refractivity contribution is 0.0901. The summed E-state index contributed by atoms with van der Waals surface area (Å²) < 4.78 is 22.7. The molecule has 19 heavy (non-hydrogen) atoms. The van der Waals surface area contributed by atoms with Gasteiger partial charge < -0.3 is 5.32 Å². The Balaban J connectivity index is 3.06. The second-order valence-electron chi connectivity index (χ2n) is 4.72. The zero-order chi connectivity index (χ0) is 14.8. The molecule has 7 heteroatoms. The Hall–Kier alpha value is -0.590. The van der Waals surface area contributed by atoms with Crippen LogP contribution in [0.15, 0.2) is 9.59 Å². The highest BCUT2D eigenvalue weighted by Gasteiger charge is 2.26. The van der Waals surface area contributed by atoms with Gasteiger partial charge in [0.1, 0.15) is 4.21 Å². The molecule has 0 spiro atoms. The van der Waals surface area contributed by atoms with Gasteiger partial charge in [-0.3, -0.25) is 4.79 Å². The number of rotatable bonds is 5. The van der Waals surface area contributed by atoms with E-state index in [0.717, 1.165) is 24.2 Å². The van der Waals surface area contributed by atoms with Gasteiger partial charge in [-0.25, -0.2) is 8.42 Å². The molecule has 0 aliphatic rings. The van der Waals surface area contributed by atoms with Crippen molar-refractivity contribution in [3.63, 3.8) is 0 Å². The maximum Gasteiger partial charge on any atom is 0.271 e. The first-order valence-electron chi connectivity index (χ1n) is 6.00. The molecule has 0 aliphatic carbocycles. The van der Waals surface area contributed by atoms with E-state index in [1.807, 2.05) is 20.8 Å². The van der Waals surface area contributed by atoms with Crippen LogP contribution < -0.4 is 5.32 Å². The van der Waals surface area contributed by atoms with Crippen molar-refractivity contribution < 1.29 is 13.2 Å². The van der Waals surface area contributed by atoms with Gasteiger partial charge in [0.2, 0.25) is 0 Å². The third-order valence-corrected chi connectivity index (χ3v) is 6.74. The van der Waals surface area contributed by atoms with Gasteiger partial charge in [0.15, 0.2) is 0 Å². The maximum absolute atomic E-state index is 12.2. The number of halogens is 1. The fourth-order valence-corrected chi connectivity index (χ4v) is 4.18. The molecule has 0 bridgehead atoms. The summed E-state index contributed by atoms with van der Waals surface area (Å²) in [5.41, 5.74) is 0.496. The van der Waals surface area contributed by atoms with Gasteiger partial charge in [0.25, 0.3) is 15.0 Å². The molecule has 0 saturated carbocycles. The quantitative estimate of drug-likeness (QED) is 0.846. The molecule has 1 rings (SSSR count). The molecular weight excluding hydrogens is 306 g/mol. The first-order chi connectivity index (χ1) is 8.64. The summed E-state index contributed by atoms with van der Waals surface area (Å²) in [6.45, 7) is 7.56. The minimum absolute atomic E-state index is 0.0361. The molecule has 0 atom stereocenters. The van der Waals surface area contributed by atoms with Crippen molar-refractivity contribution in [2.75, 3.05) is 0 Å². The molecule has 0 radical (unpaired) electrons. The van der Waals surface area contributed by atoms with Crippen molar-refractivity contribution in [2.45, 2.75) is 50.3 Å². The monoisotopic (exact) mass is 323 g/mol. The molecule has 108 valence electrons. The zero-order valence-corrected chi connectivity index (χ0v) is 13.8. The Morgan fingerprint density at radius 1 is 1.42 bits per heavy atom. The predicted molar refractivity (Wildman–Crippen MR) is 78.5 cm³/mol. The highest BCUT2D eigenvalue weighted by molar-refractivity contribution is 8.15. The Labute approximate surface area is 122 Å². The van der Waals surface area contributed by atoms with Crippen LogP contribution in [-0.2, 0) is 9.05 Å². The lowest BCUT2D eigenvalue weighted by Crippen LogP contribution is -2.45. The van der Waals surface area contributed by atoms with E-state index in [1.54, 1.807) is 6.92 Å². The normalized spacial score (nSPS) is 12.5. The summed E-state index contributed by atoms with van der Waals surface area (Å²) in [5, 5.41) is 4.48. The van der Waals surface area contributed by atoms with Gasteiger partial charge in [-0.2, -0.15) is 0 Å². The third kappa shape index (κ3) is 3.70. The van der Waals surface area contributed by atoms with Gasteiger partial charge in [0.05, 0.1) is 5.56 Å². The molecule has 1 N–H and O–H groups in total. The molecular formula is C12H18ClNO3S2. The first kappa shape index (κ1) is 16.5. The lowest BCUT2D eigenvalue weighted by atomic mass is 9.95. The second-order valence-corrected chi connectivity index (χ2v) is 8.36. The summed E-state index contributed by atoms with van der Waals surface area (Å²) >= 11 is 0.972. The fourth-order valence-electron chi connectivity index (χ4n) is 1.63. The predicted octanol–water partition coefficient (Wildman–Crippen LogP) is 3.29. The van der Waals surface area contributed by atoms with E-state index < -0.39 is 9.05 Å². The van der Waals surface area contributed by atoms with E-state index in [2.05, 4.69) is 5.32 Å². The van der Waals surface area contributed by atoms with Gasteiger partial charge in [-0.15, -0.1) is 11.3 Å². The molecule has 0 fully saturated rings. The summed E-state index contributed by atoms with van der Waals surface area (Å²) in [5.74, 6) is -0.258. The summed E-state index contributed by atoms with van der Waals surface area (Å²) in [6, 6.07) is 0. The summed E-state index contributed by atoms with van der Waals surface area (Å²) in [6.07, 6.45) is 1.61. The maximum atomic E-state index is 12.2. The average molecular weight is 324 g/mol. The van der Waals surface area contributed by atoms with Gasteiger partial charge in [-0.05, 0) is 32.3 Å². The SMILES string of the molecule is CCC(C)(CC)NC(=O)c1csc(S(=O)(=O)Cl)c1C. The Morgan fingerprint density at radius 3 is 2.32 bits per heavy atom. The van der Waals surface area contributed by atoms with Gasteiger partial charge in [0, 0.05) is 21.6 Å². The fraction of sp³-hybridized carbons (Fsp3) is 0.583. The van der Waals surface area contributed by atoms with Crippen LogP contribution in [0.5, 0.6) is 0 Å². The van der Waals surface area contributed by atoms with E-state index in [-0.39, 0.29) is 15.7 Å². The van der Waals surface area contributed by atoms with Crippen LogP contribution >= 0.6 is 22.0 Å². The van der Waals surface area contributed by atoms with Gasteiger partial charge >= 0.3 is 0 Å². The highest BCUT2D eigenvalue weighted by atomic mass is 35.7. The minimum Gasteiger partial charge on any atom is -0.347 e. The minimum atomic E-state index is -3.79. The Bertz CT molecular complexity index is 574. The smallest absolute Gasteiger partial charge is 0.271 e. The van der Waals surface area contributed by atoms with E-state index in [1.165, 1.54) is 5.38 Å². The van der Waals surface area contributed by atoms with Crippen LogP contribution in [0.1, 0.15) is 49.5 Å². The number of hydrogen-bond acceptors (Lipinski definition) is 4. The third-order valence-electron chi connectivity index (χ3n) is 3.44. The summed E-state index contributed by atoms with van der Waals surface area (Å²) in [7, 11) is 1.53. The number of hydrogen-bond donors (Lipinski definition) is 1. The standard InChI is InChI=1S/C12H18ClNO3S2/c1-5-12(4,6-2)14-10(15)9-7-18-11(8(9)3)19(13,16)17/h7H,5-6H2,1-4H3,(H,14,15). The van der Waals surface area contributed by atoms with Crippen molar-refractivity contribution in [2.24, 2.45) is 0 Å². The van der Waals surface area contributed by atoms with Crippen LogP contribution in [0.25, 0.3) is 0 Å². The second kappa shape index (κ2) is 5.81. The Kier molecular flexibility index (Phi) is 5.03. The van der Waals surface area contributed by atoms with E-state index >= 15 is 0 Å². The van der Waals surface area contributed by atoms with Crippen molar-refractivity contribution >= 4 is 37.0 Å². The molecule has 1 heterocycles. The molecule has 0 aromatic carbocycles. The number of thiophene rings is 1. The molecule has 0 aliphatic heterocycles. The van der Waals surface area contributed by atoms with Crippen LogP contribution in [-0.4, -0.2) is 19.9 Å². The van der Waals surface area contributed by atoms with Crippen LogP contribution in [0.2, 0.25) is 0 Å². The molecule has 1 aromatic heterocycles. The van der Waals surface area contributed by atoms with Crippen LogP contribution in [0, 0.1) is 6.92 Å². The molecule has 0 saturated heterocycles. The molecule has 0 unspecified atom stereocenters. The summed E-state index contributed by atoms with van der Waals surface area (Å²) in [4.78, 5) is 12.2. The van der Waals surface area contributed by atoms with E-state index in [9.17, 15) is 13.2 Å². The van der Waals surface area contributed by atoms with Crippen molar-refractivity contribution in [1.82, 2.24) is 5.32 Å². The molecule has 1 aromatic rings. The number of carbonyl (C=O) groups excluding carboxylic acids is 1. The van der Waals surface area contributed by atoms with Gasteiger partial charge in [-0.1, -0.05) is 13.8 Å². The Morgan fingerprint density at radius 2 is 1.95 bits per heavy atom. The number of carbonyl (C=O) groups is 1. The average Bonchev–Trinajstić information content (AvgIpc) is 2.70. The first-order valence-corrected chi connectivity index (χ1v) is 9.18. The van der Waals surface area contributed by atoms with Crippen molar-refractivity contribution in [3.8, 4) is 0 Å². The van der Waals surface area contributed by atoms with E-state index in [4.69, 9.17) is 10.7 Å². The topological polar surface area (TPSA) is 63.2 Å². The lowest BCUT2D eigenvalue weighted by Gasteiger charge is -2.28. The van der Waals surface area contributed by atoms with E-state index in [0.29, 0.717) is 11.1 Å². The van der Waals surface area contributed by atoms with Crippen molar-refractivity contribution in [1.29, 1.82) is 0 Å². The molecule has 1 amide bonds.